The van der Waals surface area contributed by atoms with Crippen molar-refractivity contribution in [2.45, 2.75) is 20.1 Å². The number of carbonyl (C=O) groups excluding carboxylic acids is 1. The summed E-state index contributed by atoms with van der Waals surface area (Å²) in [4.78, 5) is 12.2. The molecule has 0 aliphatic carbocycles. The van der Waals surface area contributed by atoms with Crippen LogP contribution in [-0.4, -0.2) is 27.5 Å². The van der Waals surface area contributed by atoms with Gasteiger partial charge < -0.3 is 19.0 Å². The van der Waals surface area contributed by atoms with E-state index in [4.69, 9.17) is 25.3 Å². The summed E-state index contributed by atoms with van der Waals surface area (Å²) < 4.78 is 17.7. The number of hydrogen-bond acceptors (Lipinski definition) is 6. The number of ether oxygens (including phenoxy) is 1. The van der Waals surface area contributed by atoms with Crippen LogP contribution in [0.2, 0.25) is 5.02 Å². The molecule has 0 saturated carbocycles. The molecule has 154 valence electrons. The van der Waals surface area contributed by atoms with E-state index in [0.29, 0.717) is 34.6 Å². The standard InChI is InChI=1S/C21H19ClN4O4/c1-14-9-20(24-26(14)11-15-4-6-16(22)7-5-15)23-21(27)13-28-12-17-10-19(30-25-17)18-3-2-8-29-18/h2-10H,11-13H2,1H3,(H,23,24,27). The molecule has 8 nitrogen and oxygen atoms in total. The van der Waals surface area contributed by atoms with Gasteiger partial charge in [0.25, 0.3) is 5.91 Å². The lowest BCUT2D eigenvalue weighted by atomic mass is 10.2. The Hall–Kier alpha value is -3.36. The van der Waals surface area contributed by atoms with Crippen molar-refractivity contribution < 1.29 is 18.5 Å². The summed E-state index contributed by atoms with van der Waals surface area (Å²) in [7, 11) is 0. The van der Waals surface area contributed by atoms with E-state index in [1.807, 2.05) is 35.9 Å². The molecule has 1 N–H and O–H groups in total. The van der Waals surface area contributed by atoms with Gasteiger partial charge in [-0.1, -0.05) is 28.9 Å². The van der Waals surface area contributed by atoms with Crippen LogP contribution in [0, 0.1) is 6.92 Å². The molecule has 0 atom stereocenters. The van der Waals surface area contributed by atoms with Crippen LogP contribution in [0.15, 0.2) is 63.7 Å². The summed E-state index contributed by atoms with van der Waals surface area (Å²) in [5.74, 6) is 1.25. The SMILES string of the molecule is Cc1cc(NC(=O)COCc2cc(-c3ccco3)on2)nn1Cc1ccc(Cl)cc1. The number of nitrogens with one attached hydrogen (secondary N) is 1. The van der Waals surface area contributed by atoms with Crippen molar-refractivity contribution >= 4 is 23.3 Å². The highest BCUT2D eigenvalue weighted by Crippen LogP contribution is 2.20. The van der Waals surface area contributed by atoms with Crippen molar-refractivity contribution in [3.8, 4) is 11.5 Å². The second-order valence-electron chi connectivity index (χ2n) is 6.66. The maximum absolute atomic E-state index is 12.2. The zero-order chi connectivity index (χ0) is 20.9. The number of benzene rings is 1. The molecular formula is C21H19ClN4O4. The molecule has 0 spiro atoms. The van der Waals surface area contributed by atoms with Crippen LogP contribution in [0.5, 0.6) is 0 Å². The highest BCUT2D eigenvalue weighted by molar-refractivity contribution is 6.30. The predicted molar refractivity (Wildman–Crippen MR) is 110 cm³/mol. The van der Waals surface area contributed by atoms with Gasteiger partial charge in [-0.25, -0.2) is 0 Å². The highest BCUT2D eigenvalue weighted by atomic mass is 35.5. The number of halogens is 1. The summed E-state index contributed by atoms with van der Waals surface area (Å²) in [6.07, 6.45) is 1.55. The second-order valence-corrected chi connectivity index (χ2v) is 7.09. The van der Waals surface area contributed by atoms with E-state index in [2.05, 4.69) is 15.6 Å². The number of hydrogen-bond donors (Lipinski definition) is 1. The Kier molecular flexibility index (Phi) is 5.97. The lowest BCUT2D eigenvalue weighted by Crippen LogP contribution is -2.18. The molecular weight excluding hydrogens is 408 g/mol. The molecule has 9 heteroatoms. The van der Waals surface area contributed by atoms with E-state index in [9.17, 15) is 4.79 Å². The van der Waals surface area contributed by atoms with Crippen molar-refractivity contribution in [3.05, 3.63) is 76.8 Å². The molecule has 0 saturated heterocycles. The molecule has 0 unspecified atom stereocenters. The summed E-state index contributed by atoms with van der Waals surface area (Å²) in [6, 6.07) is 14.6. The fourth-order valence-corrected chi connectivity index (χ4v) is 2.96. The normalized spacial score (nSPS) is 11.0. The Balaban J connectivity index is 1.26. The van der Waals surface area contributed by atoms with Crippen LogP contribution in [0.4, 0.5) is 5.82 Å². The minimum Gasteiger partial charge on any atom is -0.461 e. The van der Waals surface area contributed by atoms with Crippen molar-refractivity contribution in [1.82, 2.24) is 14.9 Å². The van der Waals surface area contributed by atoms with Crippen molar-refractivity contribution in [2.75, 3.05) is 11.9 Å². The van der Waals surface area contributed by atoms with Crippen LogP contribution in [0.1, 0.15) is 17.0 Å². The average Bonchev–Trinajstić information content (AvgIpc) is 3.46. The topological polar surface area (TPSA) is 95.3 Å². The maximum atomic E-state index is 12.2. The third kappa shape index (κ3) is 4.97. The van der Waals surface area contributed by atoms with Crippen LogP contribution < -0.4 is 5.32 Å². The Labute approximate surface area is 177 Å². The summed E-state index contributed by atoms with van der Waals surface area (Å²) in [5.41, 5.74) is 2.56. The molecule has 0 fully saturated rings. The second kappa shape index (κ2) is 8.98. The van der Waals surface area contributed by atoms with E-state index < -0.39 is 0 Å². The van der Waals surface area contributed by atoms with E-state index in [-0.39, 0.29) is 19.1 Å². The van der Waals surface area contributed by atoms with E-state index in [1.54, 1.807) is 30.5 Å². The quantitative estimate of drug-likeness (QED) is 0.451. The third-order valence-corrected chi connectivity index (χ3v) is 4.55. The minimum atomic E-state index is -0.305. The minimum absolute atomic E-state index is 0.133. The number of carbonyl (C=O) groups is 1. The maximum Gasteiger partial charge on any atom is 0.251 e. The molecule has 4 aromatic rings. The number of rotatable bonds is 8. The number of aryl methyl sites for hydroxylation is 1. The van der Waals surface area contributed by atoms with Crippen LogP contribution >= 0.6 is 11.6 Å². The number of aromatic nitrogens is 3. The van der Waals surface area contributed by atoms with Gasteiger partial charge in [0.15, 0.2) is 11.6 Å². The molecule has 3 heterocycles. The molecule has 0 bridgehead atoms. The third-order valence-electron chi connectivity index (χ3n) is 4.30. The average molecular weight is 427 g/mol. The monoisotopic (exact) mass is 426 g/mol. The van der Waals surface area contributed by atoms with Gasteiger partial charge in [-0.05, 0) is 36.8 Å². The lowest BCUT2D eigenvalue weighted by molar-refractivity contribution is -0.121. The molecule has 1 amide bonds. The largest absolute Gasteiger partial charge is 0.461 e. The first-order valence-corrected chi connectivity index (χ1v) is 9.60. The van der Waals surface area contributed by atoms with Gasteiger partial charge in [0, 0.05) is 22.8 Å². The van der Waals surface area contributed by atoms with Gasteiger partial charge in [0.1, 0.15) is 12.3 Å². The first-order chi connectivity index (χ1) is 14.6. The van der Waals surface area contributed by atoms with Gasteiger partial charge in [0.05, 0.1) is 19.4 Å². The molecule has 4 rings (SSSR count). The number of anilines is 1. The van der Waals surface area contributed by atoms with E-state index >= 15 is 0 Å². The zero-order valence-electron chi connectivity index (χ0n) is 16.2. The molecule has 0 aliphatic heterocycles. The van der Waals surface area contributed by atoms with Crippen LogP contribution in [0.25, 0.3) is 11.5 Å². The van der Waals surface area contributed by atoms with Gasteiger partial charge >= 0.3 is 0 Å². The number of furan rings is 1. The van der Waals surface area contributed by atoms with Crippen LogP contribution in [-0.2, 0) is 22.7 Å². The fraction of sp³-hybridized carbons (Fsp3) is 0.190. The molecule has 3 aromatic heterocycles. The highest BCUT2D eigenvalue weighted by Gasteiger charge is 2.11. The number of nitrogens with zero attached hydrogens (tertiary/aromatic N) is 3. The van der Waals surface area contributed by atoms with Crippen molar-refractivity contribution in [3.63, 3.8) is 0 Å². The van der Waals surface area contributed by atoms with Gasteiger partial charge in [-0.2, -0.15) is 5.10 Å². The lowest BCUT2D eigenvalue weighted by Gasteiger charge is -2.05. The van der Waals surface area contributed by atoms with Crippen molar-refractivity contribution in [2.24, 2.45) is 0 Å². The Morgan fingerprint density at radius 3 is 2.80 bits per heavy atom. The summed E-state index contributed by atoms with van der Waals surface area (Å²) in [6.45, 7) is 2.52. The molecule has 1 aromatic carbocycles. The molecule has 0 aliphatic rings. The van der Waals surface area contributed by atoms with E-state index in [1.165, 1.54) is 0 Å². The summed E-state index contributed by atoms with van der Waals surface area (Å²) in [5, 5.41) is 11.7. The molecule has 30 heavy (non-hydrogen) atoms. The Morgan fingerprint density at radius 2 is 2.03 bits per heavy atom. The van der Waals surface area contributed by atoms with Gasteiger partial charge in [-0.3, -0.25) is 9.48 Å². The molecule has 0 radical (unpaired) electrons. The zero-order valence-corrected chi connectivity index (χ0v) is 16.9. The Morgan fingerprint density at radius 1 is 1.20 bits per heavy atom. The predicted octanol–water partition coefficient (Wildman–Crippen LogP) is 4.30. The van der Waals surface area contributed by atoms with Gasteiger partial charge in [-0.15, -0.1) is 0 Å². The first kappa shape index (κ1) is 19.9. The summed E-state index contributed by atoms with van der Waals surface area (Å²) >= 11 is 5.92. The Bertz CT molecular complexity index is 1120. The van der Waals surface area contributed by atoms with Crippen LogP contribution in [0.3, 0.4) is 0 Å². The van der Waals surface area contributed by atoms with Crippen molar-refractivity contribution in [1.29, 1.82) is 0 Å². The van der Waals surface area contributed by atoms with Gasteiger partial charge in [0.2, 0.25) is 5.76 Å². The fourth-order valence-electron chi connectivity index (χ4n) is 2.84. The smallest absolute Gasteiger partial charge is 0.251 e. The number of amides is 1. The van der Waals surface area contributed by atoms with E-state index in [0.717, 1.165) is 11.3 Å². The first-order valence-electron chi connectivity index (χ1n) is 9.23.